The molecule has 1 amide bonds. The van der Waals surface area contributed by atoms with Crippen LogP contribution >= 0.6 is 0 Å². The van der Waals surface area contributed by atoms with E-state index in [1.165, 1.54) is 0 Å². The van der Waals surface area contributed by atoms with Crippen molar-refractivity contribution in [2.45, 2.75) is 20.3 Å². The SMILES string of the molecule is Cc1noc(C)c1CC(=O)Nc1cc(F)ccc1F. The van der Waals surface area contributed by atoms with E-state index < -0.39 is 17.5 Å². The van der Waals surface area contributed by atoms with Gasteiger partial charge >= 0.3 is 0 Å². The van der Waals surface area contributed by atoms with Crippen molar-refractivity contribution in [3.05, 3.63) is 46.9 Å². The fourth-order valence-corrected chi connectivity index (χ4v) is 1.70. The van der Waals surface area contributed by atoms with E-state index in [-0.39, 0.29) is 12.1 Å². The molecule has 1 aromatic carbocycles. The summed E-state index contributed by atoms with van der Waals surface area (Å²) in [7, 11) is 0. The Morgan fingerprint density at radius 3 is 2.74 bits per heavy atom. The highest BCUT2D eigenvalue weighted by Gasteiger charge is 2.15. The summed E-state index contributed by atoms with van der Waals surface area (Å²) >= 11 is 0. The number of aromatic nitrogens is 1. The minimum atomic E-state index is -0.687. The fourth-order valence-electron chi connectivity index (χ4n) is 1.70. The first kappa shape index (κ1) is 13.2. The topological polar surface area (TPSA) is 55.1 Å². The highest BCUT2D eigenvalue weighted by atomic mass is 19.1. The van der Waals surface area contributed by atoms with Crippen LogP contribution < -0.4 is 5.32 Å². The van der Waals surface area contributed by atoms with E-state index in [1.54, 1.807) is 13.8 Å². The normalized spacial score (nSPS) is 10.5. The number of hydrogen-bond donors (Lipinski definition) is 1. The molecule has 0 radical (unpaired) electrons. The van der Waals surface area contributed by atoms with E-state index in [0.717, 1.165) is 18.2 Å². The maximum atomic E-state index is 13.4. The minimum Gasteiger partial charge on any atom is -0.361 e. The van der Waals surface area contributed by atoms with Crippen LogP contribution in [0.4, 0.5) is 14.5 Å². The van der Waals surface area contributed by atoms with E-state index in [4.69, 9.17) is 4.52 Å². The molecule has 0 spiro atoms. The van der Waals surface area contributed by atoms with Crippen LogP contribution in [0.1, 0.15) is 17.0 Å². The molecule has 0 fully saturated rings. The Hall–Kier alpha value is -2.24. The molecule has 0 atom stereocenters. The van der Waals surface area contributed by atoms with Crippen LogP contribution in [0.15, 0.2) is 22.7 Å². The van der Waals surface area contributed by atoms with Crippen LogP contribution in [0.25, 0.3) is 0 Å². The number of aryl methyl sites for hydroxylation is 2. The zero-order chi connectivity index (χ0) is 14.0. The van der Waals surface area contributed by atoms with Crippen LogP contribution in [0, 0.1) is 25.5 Å². The van der Waals surface area contributed by atoms with Gasteiger partial charge in [0.1, 0.15) is 17.4 Å². The van der Waals surface area contributed by atoms with Crippen molar-refractivity contribution in [3.63, 3.8) is 0 Å². The van der Waals surface area contributed by atoms with Gasteiger partial charge in [-0.05, 0) is 26.0 Å². The van der Waals surface area contributed by atoms with Gasteiger partial charge in [0.15, 0.2) is 0 Å². The van der Waals surface area contributed by atoms with Gasteiger partial charge in [-0.2, -0.15) is 0 Å². The molecule has 0 aliphatic rings. The average molecular weight is 266 g/mol. The first-order valence-electron chi connectivity index (χ1n) is 5.64. The third kappa shape index (κ3) is 2.96. The van der Waals surface area contributed by atoms with Crippen molar-refractivity contribution < 1.29 is 18.1 Å². The Kier molecular flexibility index (Phi) is 3.59. The number of carbonyl (C=O) groups excluding carboxylic acids is 1. The largest absolute Gasteiger partial charge is 0.361 e. The predicted molar refractivity (Wildman–Crippen MR) is 64.7 cm³/mol. The number of benzene rings is 1. The molecule has 19 heavy (non-hydrogen) atoms. The molecular formula is C13H12F2N2O2. The molecule has 2 rings (SSSR count). The number of carbonyl (C=O) groups is 1. The van der Waals surface area contributed by atoms with Gasteiger partial charge in [-0.25, -0.2) is 8.78 Å². The highest BCUT2D eigenvalue weighted by molar-refractivity contribution is 5.92. The highest BCUT2D eigenvalue weighted by Crippen LogP contribution is 2.17. The van der Waals surface area contributed by atoms with Gasteiger partial charge in [0.25, 0.3) is 0 Å². The van der Waals surface area contributed by atoms with Gasteiger partial charge in [-0.15, -0.1) is 0 Å². The smallest absolute Gasteiger partial charge is 0.229 e. The molecule has 6 heteroatoms. The first-order valence-corrected chi connectivity index (χ1v) is 5.64. The van der Waals surface area contributed by atoms with E-state index in [1.807, 2.05) is 0 Å². The maximum Gasteiger partial charge on any atom is 0.229 e. The summed E-state index contributed by atoms with van der Waals surface area (Å²) < 4.78 is 31.2. The Morgan fingerprint density at radius 1 is 1.37 bits per heavy atom. The van der Waals surface area contributed by atoms with Gasteiger partial charge in [0.05, 0.1) is 17.8 Å². The first-order chi connectivity index (χ1) is 8.97. The molecule has 1 N–H and O–H groups in total. The second kappa shape index (κ2) is 5.17. The Bertz CT molecular complexity index is 604. The number of anilines is 1. The van der Waals surface area contributed by atoms with Crippen molar-refractivity contribution in [2.75, 3.05) is 5.32 Å². The van der Waals surface area contributed by atoms with E-state index in [9.17, 15) is 13.6 Å². The summed E-state index contributed by atoms with van der Waals surface area (Å²) in [4.78, 5) is 11.8. The summed E-state index contributed by atoms with van der Waals surface area (Å²) in [5.74, 6) is -1.23. The van der Waals surface area contributed by atoms with Gasteiger partial charge in [0.2, 0.25) is 5.91 Å². The molecule has 2 aromatic rings. The quantitative estimate of drug-likeness (QED) is 0.929. The van der Waals surface area contributed by atoms with Crippen molar-refractivity contribution >= 4 is 11.6 Å². The second-order valence-electron chi connectivity index (χ2n) is 4.15. The van der Waals surface area contributed by atoms with Gasteiger partial charge in [0, 0.05) is 11.6 Å². The number of amides is 1. The lowest BCUT2D eigenvalue weighted by molar-refractivity contribution is -0.115. The number of hydrogen-bond acceptors (Lipinski definition) is 3. The molecule has 0 saturated carbocycles. The van der Waals surface area contributed by atoms with E-state index >= 15 is 0 Å². The summed E-state index contributed by atoms with van der Waals surface area (Å²) in [6.45, 7) is 3.40. The Labute approximate surface area is 108 Å². The van der Waals surface area contributed by atoms with Crippen molar-refractivity contribution in [1.82, 2.24) is 5.16 Å². The Balaban J connectivity index is 2.12. The maximum absolute atomic E-state index is 13.4. The number of nitrogens with zero attached hydrogens (tertiary/aromatic N) is 1. The molecule has 4 nitrogen and oxygen atoms in total. The number of nitrogens with one attached hydrogen (secondary N) is 1. The van der Waals surface area contributed by atoms with Crippen LogP contribution in [-0.4, -0.2) is 11.1 Å². The van der Waals surface area contributed by atoms with Gasteiger partial charge < -0.3 is 9.84 Å². The number of rotatable bonds is 3. The standard InChI is InChI=1S/C13H12F2N2O2/c1-7-10(8(2)19-17-7)6-13(18)16-12-5-9(14)3-4-11(12)15/h3-5H,6H2,1-2H3,(H,16,18). The number of halogens is 2. The lowest BCUT2D eigenvalue weighted by Gasteiger charge is -2.06. The van der Waals surface area contributed by atoms with Crippen molar-refractivity contribution in [1.29, 1.82) is 0 Å². The zero-order valence-corrected chi connectivity index (χ0v) is 10.5. The van der Waals surface area contributed by atoms with Gasteiger partial charge in [-0.1, -0.05) is 5.16 Å². The molecule has 1 heterocycles. The van der Waals surface area contributed by atoms with Crippen LogP contribution in [0.5, 0.6) is 0 Å². The van der Waals surface area contributed by atoms with E-state index in [0.29, 0.717) is 17.0 Å². The third-order valence-corrected chi connectivity index (χ3v) is 2.72. The van der Waals surface area contributed by atoms with Crippen molar-refractivity contribution in [3.8, 4) is 0 Å². The molecule has 0 aliphatic heterocycles. The Morgan fingerprint density at radius 2 is 2.11 bits per heavy atom. The predicted octanol–water partition coefficient (Wildman–Crippen LogP) is 2.75. The molecule has 100 valence electrons. The zero-order valence-electron chi connectivity index (χ0n) is 10.5. The van der Waals surface area contributed by atoms with Crippen molar-refractivity contribution in [2.24, 2.45) is 0 Å². The lowest BCUT2D eigenvalue weighted by Crippen LogP contribution is -2.16. The summed E-state index contributed by atoms with van der Waals surface area (Å²) in [6.07, 6.45) is -0.00286. The van der Waals surface area contributed by atoms with Crippen LogP contribution in [-0.2, 0) is 11.2 Å². The fraction of sp³-hybridized carbons (Fsp3) is 0.231. The molecule has 0 bridgehead atoms. The third-order valence-electron chi connectivity index (χ3n) is 2.72. The monoisotopic (exact) mass is 266 g/mol. The lowest BCUT2D eigenvalue weighted by atomic mass is 10.1. The molecular weight excluding hydrogens is 254 g/mol. The van der Waals surface area contributed by atoms with E-state index in [2.05, 4.69) is 10.5 Å². The molecule has 0 saturated heterocycles. The molecule has 0 unspecified atom stereocenters. The van der Waals surface area contributed by atoms with Crippen LogP contribution in [0.2, 0.25) is 0 Å². The van der Waals surface area contributed by atoms with Crippen LogP contribution in [0.3, 0.4) is 0 Å². The van der Waals surface area contributed by atoms with Gasteiger partial charge in [-0.3, -0.25) is 4.79 Å². The summed E-state index contributed by atoms with van der Waals surface area (Å²) in [5.41, 5.74) is 1.07. The summed E-state index contributed by atoms with van der Waals surface area (Å²) in [6, 6.07) is 2.88. The molecule has 0 aliphatic carbocycles. The second-order valence-corrected chi connectivity index (χ2v) is 4.15. The average Bonchev–Trinajstić information content (AvgIpc) is 2.65. The molecule has 1 aromatic heterocycles. The minimum absolute atomic E-state index is 0.00286. The summed E-state index contributed by atoms with van der Waals surface area (Å²) in [5, 5.41) is 6.04.